The molecule has 0 saturated carbocycles. The van der Waals surface area contributed by atoms with Crippen LogP contribution in [0.2, 0.25) is 0 Å². The summed E-state index contributed by atoms with van der Waals surface area (Å²) in [5.74, 6) is 1.80. The topological polar surface area (TPSA) is 72.0 Å². The van der Waals surface area contributed by atoms with Crippen LogP contribution in [0.5, 0.6) is 5.75 Å². The Hall–Kier alpha value is -3.15. The molecule has 2 aromatic carbocycles. The predicted molar refractivity (Wildman–Crippen MR) is 99.3 cm³/mol. The van der Waals surface area contributed by atoms with Crippen molar-refractivity contribution >= 4 is 17.5 Å². The Kier molecular flexibility index (Phi) is 5.09. The molecule has 0 unspecified atom stereocenters. The molecule has 0 radical (unpaired) electrons. The third kappa shape index (κ3) is 4.44. The molecule has 0 fully saturated rings. The number of aryl methyl sites for hydroxylation is 2. The Balaban J connectivity index is 1.71. The Morgan fingerprint density at radius 3 is 2.52 bits per heavy atom. The van der Waals surface area contributed by atoms with E-state index >= 15 is 0 Å². The van der Waals surface area contributed by atoms with Crippen LogP contribution in [0.4, 0.5) is 17.5 Å². The van der Waals surface area contributed by atoms with Gasteiger partial charge in [-0.2, -0.15) is 10.1 Å². The summed E-state index contributed by atoms with van der Waals surface area (Å²) in [7, 11) is 1.63. The van der Waals surface area contributed by atoms with Crippen molar-refractivity contribution in [1.29, 1.82) is 0 Å². The van der Waals surface area contributed by atoms with Gasteiger partial charge >= 0.3 is 0 Å². The second kappa shape index (κ2) is 7.61. The average Bonchev–Trinajstić information content (AvgIpc) is 2.62. The maximum absolute atomic E-state index is 5.36. The van der Waals surface area contributed by atoms with Crippen LogP contribution in [0.3, 0.4) is 0 Å². The molecule has 0 atom stereocenters. The normalized spacial score (nSPS) is 10.4. The number of anilines is 3. The summed E-state index contributed by atoms with van der Waals surface area (Å²) in [5, 5.41) is 14.5. The fourth-order valence-corrected chi connectivity index (χ4v) is 2.38. The van der Waals surface area contributed by atoms with Crippen molar-refractivity contribution in [1.82, 2.24) is 15.2 Å². The van der Waals surface area contributed by atoms with Gasteiger partial charge in [-0.15, -0.1) is 5.10 Å². The van der Waals surface area contributed by atoms with Crippen molar-refractivity contribution in [3.05, 3.63) is 65.4 Å². The third-order valence-electron chi connectivity index (χ3n) is 3.75. The fourth-order valence-electron chi connectivity index (χ4n) is 2.38. The van der Waals surface area contributed by atoms with E-state index in [1.165, 1.54) is 11.1 Å². The van der Waals surface area contributed by atoms with Gasteiger partial charge in [0.15, 0.2) is 5.82 Å². The zero-order valence-electron chi connectivity index (χ0n) is 14.6. The van der Waals surface area contributed by atoms with Gasteiger partial charge in [0.2, 0.25) is 5.95 Å². The number of aromatic nitrogens is 3. The summed E-state index contributed by atoms with van der Waals surface area (Å²) in [4.78, 5) is 4.45. The molecule has 1 aromatic heterocycles. The molecule has 3 rings (SSSR count). The molecule has 1 heterocycles. The van der Waals surface area contributed by atoms with Gasteiger partial charge in [0.05, 0.1) is 19.0 Å². The summed E-state index contributed by atoms with van der Waals surface area (Å²) >= 11 is 0. The Morgan fingerprint density at radius 1 is 1.00 bits per heavy atom. The molecule has 128 valence electrons. The number of methoxy groups -OCH3 is 1. The standard InChI is InChI=1S/C19H21N5O/c1-13-4-7-15(8-5-13)11-20-18-12-21-24-19(23-18)22-16-10-14(2)6-9-17(16)25-3/h4-10,12H,11H2,1-3H3,(H2,20,22,23,24). The second-order valence-electron chi connectivity index (χ2n) is 5.83. The molecule has 6 heteroatoms. The van der Waals surface area contributed by atoms with Gasteiger partial charge in [-0.1, -0.05) is 35.9 Å². The summed E-state index contributed by atoms with van der Waals surface area (Å²) < 4.78 is 5.36. The van der Waals surface area contributed by atoms with Crippen molar-refractivity contribution in [2.45, 2.75) is 20.4 Å². The van der Waals surface area contributed by atoms with Crippen LogP contribution < -0.4 is 15.4 Å². The van der Waals surface area contributed by atoms with E-state index in [1.54, 1.807) is 13.3 Å². The average molecular weight is 335 g/mol. The van der Waals surface area contributed by atoms with E-state index in [1.807, 2.05) is 25.1 Å². The van der Waals surface area contributed by atoms with Crippen LogP contribution in [0.15, 0.2) is 48.7 Å². The van der Waals surface area contributed by atoms with Gasteiger partial charge in [-0.05, 0) is 37.1 Å². The smallest absolute Gasteiger partial charge is 0.249 e. The van der Waals surface area contributed by atoms with E-state index in [0.717, 1.165) is 17.0 Å². The van der Waals surface area contributed by atoms with Crippen LogP contribution in [0.1, 0.15) is 16.7 Å². The minimum Gasteiger partial charge on any atom is -0.495 e. The van der Waals surface area contributed by atoms with Crippen molar-refractivity contribution in [3.63, 3.8) is 0 Å². The lowest BCUT2D eigenvalue weighted by Crippen LogP contribution is -2.06. The number of nitrogens with one attached hydrogen (secondary N) is 2. The van der Waals surface area contributed by atoms with Gasteiger partial charge in [-0.25, -0.2) is 0 Å². The first-order valence-electron chi connectivity index (χ1n) is 8.05. The highest BCUT2D eigenvalue weighted by molar-refractivity contribution is 5.63. The van der Waals surface area contributed by atoms with Crippen LogP contribution >= 0.6 is 0 Å². The molecule has 0 bridgehead atoms. The largest absolute Gasteiger partial charge is 0.495 e. The van der Waals surface area contributed by atoms with E-state index in [9.17, 15) is 0 Å². The number of ether oxygens (including phenoxy) is 1. The molecule has 0 spiro atoms. The number of rotatable bonds is 6. The Bertz CT molecular complexity index is 849. The fraction of sp³-hybridized carbons (Fsp3) is 0.211. The Morgan fingerprint density at radius 2 is 1.76 bits per heavy atom. The lowest BCUT2D eigenvalue weighted by Gasteiger charge is -2.11. The van der Waals surface area contributed by atoms with Crippen LogP contribution in [-0.4, -0.2) is 22.3 Å². The summed E-state index contributed by atoms with van der Waals surface area (Å²) in [5.41, 5.74) is 4.34. The first-order valence-corrected chi connectivity index (χ1v) is 8.05. The summed E-state index contributed by atoms with van der Waals surface area (Å²) in [6.07, 6.45) is 1.60. The molecule has 25 heavy (non-hydrogen) atoms. The van der Waals surface area contributed by atoms with Crippen LogP contribution in [0, 0.1) is 13.8 Å². The molecule has 3 aromatic rings. The maximum Gasteiger partial charge on any atom is 0.249 e. The lowest BCUT2D eigenvalue weighted by molar-refractivity contribution is 0.416. The SMILES string of the molecule is COc1ccc(C)cc1Nc1nncc(NCc2ccc(C)cc2)n1. The molecule has 2 N–H and O–H groups in total. The Labute approximate surface area is 147 Å². The molecule has 0 aliphatic carbocycles. The number of benzene rings is 2. The van der Waals surface area contributed by atoms with E-state index in [2.05, 4.69) is 57.0 Å². The highest BCUT2D eigenvalue weighted by Crippen LogP contribution is 2.27. The van der Waals surface area contributed by atoms with E-state index in [-0.39, 0.29) is 0 Å². The van der Waals surface area contributed by atoms with E-state index in [0.29, 0.717) is 18.3 Å². The second-order valence-corrected chi connectivity index (χ2v) is 5.83. The monoisotopic (exact) mass is 335 g/mol. The minimum absolute atomic E-state index is 0.415. The lowest BCUT2D eigenvalue weighted by atomic mass is 10.1. The van der Waals surface area contributed by atoms with E-state index < -0.39 is 0 Å². The van der Waals surface area contributed by atoms with E-state index in [4.69, 9.17) is 4.74 Å². The molecule has 0 aliphatic rings. The quantitative estimate of drug-likeness (QED) is 0.713. The highest BCUT2D eigenvalue weighted by atomic mass is 16.5. The zero-order chi connectivity index (χ0) is 17.6. The highest BCUT2D eigenvalue weighted by Gasteiger charge is 2.07. The predicted octanol–water partition coefficient (Wildman–Crippen LogP) is 3.85. The van der Waals surface area contributed by atoms with Crippen LogP contribution in [-0.2, 0) is 6.54 Å². The van der Waals surface area contributed by atoms with Gasteiger partial charge in [0, 0.05) is 6.54 Å². The summed E-state index contributed by atoms with van der Waals surface area (Å²) in [6, 6.07) is 14.2. The van der Waals surface area contributed by atoms with Crippen LogP contribution in [0.25, 0.3) is 0 Å². The zero-order valence-corrected chi connectivity index (χ0v) is 14.6. The van der Waals surface area contributed by atoms with Crippen molar-refractivity contribution in [2.24, 2.45) is 0 Å². The molecule has 0 aliphatic heterocycles. The van der Waals surface area contributed by atoms with Crippen molar-refractivity contribution in [2.75, 3.05) is 17.7 Å². The number of hydrogen-bond acceptors (Lipinski definition) is 6. The van der Waals surface area contributed by atoms with Gasteiger partial charge in [0.1, 0.15) is 5.75 Å². The molecular formula is C19H21N5O. The summed E-state index contributed by atoms with van der Waals surface area (Å²) in [6.45, 7) is 4.76. The third-order valence-corrected chi connectivity index (χ3v) is 3.75. The minimum atomic E-state index is 0.415. The van der Waals surface area contributed by atoms with Gasteiger partial charge in [-0.3, -0.25) is 0 Å². The maximum atomic E-state index is 5.36. The molecule has 0 saturated heterocycles. The molecule has 6 nitrogen and oxygen atoms in total. The number of nitrogens with zero attached hydrogens (tertiary/aromatic N) is 3. The molecule has 0 amide bonds. The first-order chi connectivity index (χ1) is 12.1. The first kappa shape index (κ1) is 16.7. The van der Waals surface area contributed by atoms with Crippen molar-refractivity contribution < 1.29 is 4.74 Å². The van der Waals surface area contributed by atoms with Crippen molar-refractivity contribution in [3.8, 4) is 5.75 Å². The molecular weight excluding hydrogens is 314 g/mol. The van der Waals surface area contributed by atoms with Gasteiger partial charge < -0.3 is 15.4 Å². The van der Waals surface area contributed by atoms with Gasteiger partial charge in [0.25, 0.3) is 0 Å². The number of hydrogen-bond donors (Lipinski definition) is 2.